The van der Waals surface area contributed by atoms with Crippen LogP contribution in [0.2, 0.25) is 0 Å². The lowest BCUT2D eigenvalue weighted by molar-refractivity contribution is -0.119. The van der Waals surface area contributed by atoms with Crippen molar-refractivity contribution in [1.82, 2.24) is 20.9 Å². The molecule has 0 radical (unpaired) electrons. The van der Waals surface area contributed by atoms with Crippen LogP contribution in [0.5, 0.6) is 0 Å². The van der Waals surface area contributed by atoms with Gasteiger partial charge in [-0.3, -0.25) is 4.79 Å². The van der Waals surface area contributed by atoms with Crippen molar-refractivity contribution in [2.24, 2.45) is 4.99 Å². The number of hydrogen-bond donors (Lipinski definition) is 3. The first-order valence-electron chi connectivity index (χ1n) is 8.34. The fourth-order valence-electron chi connectivity index (χ4n) is 2.25. The molecule has 0 aliphatic heterocycles. The minimum Gasteiger partial charge on any atom is -0.357 e. The lowest BCUT2D eigenvalue weighted by Crippen LogP contribution is -2.38. The summed E-state index contributed by atoms with van der Waals surface area (Å²) in [5.41, 5.74) is 2.10. The molecule has 0 saturated carbocycles. The molecule has 7 heteroatoms. The number of guanidine groups is 1. The monoisotopic (exact) mass is 359 g/mol. The maximum absolute atomic E-state index is 12.0. The van der Waals surface area contributed by atoms with Gasteiger partial charge in [-0.15, -0.1) is 11.3 Å². The molecule has 2 aromatic rings. The van der Waals surface area contributed by atoms with Crippen molar-refractivity contribution in [2.75, 3.05) is 13.1 Å². The van der Waals surface area contributed by atoms with Gasteiger partial charge in [0.2, 0.25) is 5.91 Å². The third-order valence-electron chi connectivity index (χ3n) is 3.47. The van der Waals surface area contributed by atoms with Crippen LogP contribution in [0, 0.1) is 13.8 Å². The van der Waals surface area contributed by atoms with E-state index in [0.29, 0.717) is 19.0 Å². The van der Waals surface area contributed by atoms with E-state index in [-0.39, 0.29) is 12.5 Å². The van der Waals surface area contributed by atoms with Crippen molar-refractivity contribution in [2.45, 2.75) is 33.9 Å². The number of rotatable bonds is 7. The van der Waals surface area contributed by atoms with Crippen molar-refractivity contribution in [1.29, 1.82) is 0 Å². The lowest BCUT2D eigenvalue weighted by Gasteiger charge is -2.11. The molecule has 1 heterocycles. The molecule has 0 fully saturated rings. The van der Waals surface area contributed by atoms with Crippen LogP contribution < -0.4 is 16.0 Å². The van der Waals surface area contributed by atoms with Gasteiger partial charge in [-0.05, 0) is 26.3 Å². The molecule has 25 heavy (non-hydrogen) atoms. The van der Waals surface area contributed by atoms with Gasteiger partial charge in [-0.2, -0.15) is 0 Å². The quantitative estimate of drug-likeness (QED) is 0.523. The summed E-state index contributed by atoms with van der Waals surface area (Å²) in [6, 6.07) is 9.82. The molecule has 0 aliphatic carbocycles. The zero-order valence-corrected chi connectivity index (χ0v) is 15.7. The second-order valence-electron chi connectivity index (χ2n) is 5.55. The predicted octanol–water partition coefficient (Wildman–Crippen LogP) is 2.13. The molecule has 2 rings (SSSR count). The Morgan fingerprint density at radius 2 is 1.88 bits per heavy atom. The molecule has 6 nitrogen and oxygen atoms in total. The molecule has 0 bridgehead atoms. The normalized spacial score (nSPS) is 11.2. The van der Waals surface area contributed by atoms with Crippen molar-refractivity contribution in [3.05, 3.63) is 51.5 Å². The number of carbonyl (C=O) groups is 1. The van der Waals surface area contributed by atoms with Crippen molar-refractivity contribution < 1.29 is 4.79 Å². The number of aryl methyl sites for hydroxylation is 2. The summed E-state index contributed by atoms with van der Waals surface area (Å²) >= 11 is 1.67. The summed E-state index contributed by atoms with van der Waals surface area (Å²) in [7, 11) is 0. The number of thiazole rings is 1. The van der Waals surface area contributed by atoms with Crippen LogP contribution in [0.1, 0.15) is 28.1 Å². The molecule has 0 unspecified atom stereocenters. The maximum Gasteiger partial charge on any atom is 0.242 e. The number of nitrogens with zero attached hydrogens (tertiary/aromatic N) is 2. The van der Waals surface area contributed by atoms with E-state index in [1.54, 1.807) is 11.3 Å². The Labute approximate surface area is 152 Å². The van der Waals surface area contributed by atoms with Gasteiger partial charge in [0, 0.05) is 18.0 Å². The van der Waals surface area contributed by atoms with E-state index < -0.39 is 0 Å². The lowest BCUT2D eigenvalue weighted by atomic mass is 10.2. The van der Waals surface area contributed by atoms with Gasteiger partial charge in [-0.25, -0.2) is 9.98 Å². The Kier molecular flexibility index (Phi) is 7.40. The summed E-state index contributed by atoms with van der Waals surface area (Å²) in [6.45, 7) is 7.97. The molecular formula is C18H25N5OS. The Morgan fingerprint density at radius 3 is 2.52 bits per heavy atom. The highest BCUT2D eigenvalue weighted by atomic mass is 32.1. The zero-order chi connectivity index (χ0) is 18.1. The van der Waals surface area contributed by atoms with Crippen LogP contribution in [-0.4, -0.2) is 29.9 Å². The Bertz CT molecular complexity index is 712. The molecular weight excluding hydrogens is 334 g/mol. The van der Waals surface area contributed by atoms with Gasteiger partial charge in [-0.1, -0.05) is 30.3 Å². The van der Waals surface area contributed by atoms with Crippen LogP contribution in [0.4, 0.5) is 0 Å². The van der Waals surface area contributed by atoms with Crippen molar-refractivity contribution in [3.8, 4) is 0 Å². The number of hydrogen-bond acceptors (Lipinski definition) is 4. The van der Waals surface area contributed by atoms with E-state index >= 15 is 0 Å². The molecule has 3 N–H and O–H groups in total. The van der Waals surface area contributed by atoms with Crippen molar-refractivity contribution >= 4 is 23.2 Å². The minimum atomic E-state index is -0.106. The summed E-state index contributed by atoms with van der Waals surface area (Å²) in [6.07, 6.45) is 0. The van der Waals surface area contributed by atoms with Crippen LogP contribution in [-0.2, 0) is 17.9 Å². The first-order chi connectivity index (χ1) is 12.1. The molecule has 1 aromatic carbocycles. The zero-order valence-electron chi connectivity index (χ0n) is 14.9. The molecule has 1 amide bonds. The summed E-state index contributed by atoms with van der Waals surface area (Å²) in [5.74, 6) is 0.522. The molecule has 0 aliphatic rings. The SMILES string of the molecule is CCNC(=NCC(=O)NCc1ccccc1)NCc1sc(C)nc1C. The molecule has 0 saturated heterocycles. The van der Waals surface area contributed by atoms with Gasteiger partial charge < -0.3 is 16.0 Å². The summed E-state index contributed by atoms with van der Waals surface area (Å²) in [4.78, 5) is 21.9. The van der Waals surface area contributed by atoms with Crippen molar-refractivity contribution in [3.63, 3.8) is 0 Å². The van der Waals surface area contributed by atoms with E-state index in [9.17, 15) is 4.79 Å². The third kappa shape index (κ3) is 6.54. The number of benzene rings is 1. The summed E-state index contributed by atoms with van der Waals surface area (Å²) < 4.78 is 0. The number of carbonyl (C=O) groups excluding carboxylic acids is 1. The smallest absolute Gasteiger partial charge is 0.242 e. The topological polar surface area (TPSA) is 78.4 Å². The Morgan fingerprint density at radius 1 is 1.12 bits per heavy atom. The second kappa shape index (κ2) is 9.78. The molecule has 134 valence electrons. The largest absolute Gasteiger partial charge is 0.357 e. The van der Waals surface area contributed by atoms with E-state index in [1.807, 2.05) is 51.1 Å². The third-order valence-corrected chi connectivity index (χ3v) is 4.55. The maximum atomic E-state index is 12.0. The molecule has 1 aromatic heterocycles. The highest BCUT2D eigenvalue weighted by Gasteiger charge is 2.06. The number of aromatic nitrogens is 1. The van der Waals surface area contributed by atoms with Gasteiger partial charge in [0.1, 0.15) is 6.54 Å². The summed E-state index contributed by atoms with van der Waals surface area (Å²) in [5, 5.41) is 10.3. The highest BCUT2D eigenvalue weighted by molar-refractivity contribution is 7.11. The van der Waals surface area contributed by atoms with E-state index in [4.69, 9.17) is 0 Å². The standard InChI is InChI=1S/C18H25N5OS/c1-4-19-18(21-11-16-13(2)23-14(3)25-16)22-12-17(24)20-10-15-8-6-5-7-9-15/h5-9H,4,10-12H2,1-3H3,(H,20,24)(H2,19,21,22). The minimum absolute atomic E-state index is 0.0862. The average molecular weight is 359 g/mol. The first kappa shape index (κ1) is 18.9. The van der Waals surface area contributed by atoms with Crippen LogP contribution >= 0.6 is 11.3 Å². The van der Waals surface area contributed by atoms with E-state index in [2.05, 4.69) is 25.9 Å². The van der Waals surface area contributed by atoms with Crippen LogP contribution in [0.25, 0.3) is 0 Å². The van der Waals surface area contributed by atoms with Crippen LogP contribution in [0.15, 0.2) is 35.3 Å². The Balaban J connectivity index is 1.83. The fraction of sp³-hybridized carbons (Fsp3) is 0.389. The molecule has 0 spiro atoms. The van der Waals surface area contributed by atoms with Crippen LogP contribution in [0.3, 0.4) is 0 Å². The van der Waals surface area contributed by atoms with Gasteiger partial charge in [0.15, 0.2) is 5.96 Å². The highest BCUT2D eigenvalue weighted by Crippen LogP contribution is 2.16. The van der Waals surface area contributed by atoms with Gasteiger partial charge in [0.25, 0.3) is 0 Å². The van der Waals surface area contributed by atoms with Gasteiger partial charge in [0.05, 0.1) is 17.2 Å². The number of amides is 1. The Hall–Kier alpha value is -2.41. The first-order valence-corrected chi connectivity index (χ1v) is 9.16. The fourth-order valence-corrected chi connectivity index (χ4v) is 3.12. The van der Waals surface area contributed by atoms with E-state index in [0.717, 1.165) is 22.8 Å². The molecule has 0 atom stereocenters. The van der Waals surface area contributed by atoms with Gasteiger partial charge >= 0.3 is 0 Å². The van der Waals surface area contributed by atoms with E-state index in [1.165, 1.54) is 4.88 Å². The predicted molar refractivity (Wildman–Crippen MR) is 103 cm³/mol. The number of aliphatic imine (C=N–C) groups is 1. The average Bonchev–Trinajstić information content (AvgIpc) is 2.94. The number of nitrogens with one attached hydrogen (secondary N) is 3. The second-order valence-corrected chi connectivity index (χ2v) is 6.84.